The number of halogens is 1. The lowest BCUT2D eigenvalue weighted by atomic mass is 9.93. The molecule has 2 rings (SSSR count). The molecule has 6 heteroatoms. The van der Waals surface area contributed by atoms with Crippen molar-refractivity contribution in [2.75, 3.05) is 11.9 Å². The van der Waals surface area contributed by atoms with Crippen molar-refractivity contribution in [2.24, 2.45) is 5.41 Å². The molecule has 2 aromatic carbocycles. The summed E-state index contributed by atoms with van der Waals surface area (Å²) in [4.78, 5) is 24.4. The molecule has 0 aliphatic heterocycles. The molecule has 0 aromatic heterocycles. The zero-order valence-corrected chi connectivity index (χ0v) is 16.6. The van der Waals surface area contributed by atoms with Crippen LogP contribution in [0, 0.1) is 5.41 Å². The largest absolute Gasteiger partial charge is 0.448 e. The van der Waals surface area contributed by atoms with Gasteiger partial charge in [-0.25, -0.2) is 4.79 Å². The fourth-order valence-corrected chi connectivity index (χ4v) is 2.55. The topological polar surface area (TPSA) is 67.4 Å². The number of amides is 2. The maximum absolute atomic E-state index is 12.4. The van der Waals surface area contributed by atoms with Crippen LogP contribution >= 0.6 is 11.6 Å². The van der Waals surface area contributed by atoms with Gasteiger partial charge in [0.1, 0.15) is 6.61 Å². The van der Waals surface area contributed by atoms with Crippen molar-refractivity contribution in [3.8, 4) is 0 Å². The smallest absolute Gasteiger partial charge is 0.411 e. The van der Waals surface area contributed by atoms with E-state index in [0.29, 0.717) is 17.3 Å². The molecular formula is C21H25ClN2O3. The maximum atomic E-state index is 12.4. The number of anilines is 1. The lowest BCUT2D eigenvalue weighted by Gasteiger charge is -2.23. The Hall–Kier alpha value is -2.53. The summed E-state index contributed by atoms with van der Waals surface area (Å²) in [6.07, 6.45) is 0.341. The molecule has 2 amide bonds. The number of nitrogens with one attached hydrogen (secondary N) is 2. The molecule has 0 radical (unpaired) electrons. The summed E-state index contributed by atoms with van der Waals surface area (Å²) in [5.74, 6) is -0.220. The summed E-state index contributed by atoms with van der Waals surface area (Å²) >= 11 is 6.09. The summed E-state index contributed by atoms with van der Waals surface area (Å²) in [6, 6.07) is 14.9. The zero-order chi connectivity index (χ0) is 19.9. The number of ether oxygens (including phenoxy) is 1. The van der Waals surface area contributed by atoms with Gasteiger partial charge in [0, 0.05) is 17.3 Å². The van der Waals surface area contributed by atoms with E-state index in [1.807, 2.05) is 42.5 Å². The van der Waals surface area contributed by atoms with Crippen LogP contribution in [-0.2, 0) is 22.5 Å². The van der Waals surface area contributed by atoms with Gasteiger partial charge in [-0.05, 0) is 49.6 Å². The molecule has 0 saturated carbocycles. The molecule has 0 spiro atoms. The third-order valence-electron chi connectivity index (χ3n) is 4.18. The predicted octanol–water partition coefficient (Wildman–Crippen LogP) is 4.79. The van der Waals surface area contributed by atoms with E-state index >= 15 is 0 Å². The summed E-state index contributed by atoms with van der Waals surface area (Å²) in [7, 11) is 0. The number of aryl methyl sites for hydroxylation is 1. The highest BCUT2D eigenvalue weighted by Gasteiger charge is 2.29. The number of hydrogen-bond donors (Lipinski definition) is 2. The van der Waals surface area contributed by atoms with Gasteiger partial charge in [-0.15, -0.1) is 0 Å². The first-order chi connectivity index (χ1) is 12.8. The summed E-state index contributed by atoms with van der Waals surface area (Å²) < 4.78 is 5.23. The second-order valence-corrected chi connectivity index (χ2v) is 7.32. The van der Waals surface area contributed by atoms with Crippen molar-refractivity contribution < 1.29 is 14.3 Å². The van der Waals surface area contributed by atoms with Crippen molar-refractivity contribution >= 4 is 29.3 Å². The van der Waals surface area contributed by atoms with Crippen LogP contribution in [-0.4, -0.2) is 18.6 Å². The molecule has 0 aliphatic rings. The number of hydrogen-bond acceptors (Lipinski definition) is 3. The van der Waals surface area contributed by atoms with Gasteiger partial charge in [-0.1, -0.05) is 48.9 Å². The second kappa shape index (κ2) is 9.42. The minimum absolute atomic E-state index is 0.0414. The fourth-order valence-electron chi connectivity index (χ4n) is 2.35. The van der Waals surface area contributed by atoms with Crippen LogP contribution in [0.2, 0.25) is 5.02 Å². The molecule has 27 heavy (non-hydrogen) atoms. The Morgan fingerprint density at radius 3 is 2.37 bits per heavy atom. The van der Waals surface area contributed by atoms with Crippen molar-refractivity contribution in [1.82, 2.24) is 5.32 Å². The standard InChI is InChI=1S/C21H25ClN2O3/c1-4-15-9-11-17(12-10-15)24-20(26)27-14-21(2,3)19(25)23-13-16-7-5-6-8-18(16)22/h5-12H,4,13-14H2,1-3H3,(H,23,25)(H,24,26). The second-order valence-electron chi connectivity index (χ2n) is 6.91. The van der Waals surface area contributed by atoms with E-state index in [-0.39, 0.29) is 12.5 Å². The number of benzene rings is 2. The first kappa shape index (κ1) is 20.8. The van der Waals surface area contributed by atoms with E-state index in [9.17, 15) is 9.59 Å². The molecule has 2 N–H and O–H groups in total. The van der Waals surface area contributed by atoms with Gasteiger partial charge in [-0.3, -0.25) is 10.1 Å². The van der Waals surface area contributed by atoms with E-state index in [1.165, 1.54) is 5.56 Å². The first-order valence-electron chi connectivity index (χ1n) is 8.86. The third-order valence-corrected chi connectivity index (χ3v) is 4.55. The van der Waals surface area contributed by atoms with Crippen LogP contribution in [0.3, 0.4) is 0 Å². The lowest BCUT2D eigenvalue weighted by molar-refractivity contribution is -0.131. The van der Waals surface area contributed by atoms with Gasteiger partial charge in [-0.2, -0.15) is 0 Å². The molecule has 0 saturated heterocycles. The van der Waals surface area contributed by atoms with Gasteiger partial charge < -0.3 is 10.1 Å². The van der Waals surface area contributed by atoms with Gasteiger partial charge in [0.25, 0.3) is 0 Å². The normalized spacial score (nSPS) is 11.0. The van der Waals surface area contributed by atoms with Crippen molar-refractivity contribution in [2.45, 2.75) is 33.7 Å². The van der Waals surface area contributed by atoms with Crippen molar-refractivity contribution in [1.29, 1.82) is 0 Å². The molecule has 5 nitrogen and oxygen atoms in total. The van der Waals surface area contributed by atoms with Crippen LogP contribution in [0.1, 0.15) is 31.9 Å². The van der Waals surface area contributed by atoms with Crippen LogP contribution < -0.4 is 10.6 Å². The predicted molar refractivity (Wildman–Crippen MR) is 108 cm³/mol. The van der Waals surface area contributed by atoms with E-state index in [4.69, 9.17) is 16.3 Å². The van der Waals surface area contributed by atoms with Crippen molar-refractivity contribution in [3.05, 3.63) is 64.7 Å². The van der Waals surface area contributed by atoms with E-state index < -0.39 is 11.5 Å². The average Bonchev–Trinajstić information content (AvgIpc) is 2.66. The summed E-state index contributed by atoms with van der Waals surface area (Å²) in [5.41, 5.74) is 1.80. The Morgan fingerprint density at radius 2 is 1.74 bits per heavy atom. The van der Waals surface area contributed by atoms with Crippen molar-refractivity contribution in [3.63, 3.8) is 0 Å². The number of carbonyl (C=O) groups is 2. The van der Waals surface area contributed by atoms with E-state index in [0.717, 1.165) is 12.0 Å². The highest BCUT2D eigenvalue weighted by molar-refractivity contribution is 6.31. The SMILES string of the molecule is CCc1ccc(NC(=O)OCC(C)(C)C(=O)NCc2ccccc2Cl)cc1. The van der Waals surface area contributed by atoms with Crippen LogP contribution in [0.5, 0.6) is 0 Å². The summed E-state index contributed by atoms with van der Waals surface area (Å²) in [6.45, 7) is 5.78. The third kappa shape index (κ3) is 6.29. The average molecular weight is 389 g/mol. The monoisotopic (exact) mass is 388 g/mol. The van der Waals surface area contributed by atoms with Crippen LogP contribution in [0.15, 0.2) is 48.5 Å². The molecule has 0 aliphatic carbocycles. The first-order valence-corrected chi connectivity index (χ1v) is 9.24. The molecule has 2 aromatic rings. The van der Waals surface area contributed by atoms with Gasteiger partial charge in [0.05, 0.1) is 5.41 Å². The van der Waals surface area contributed by atoms with Crippen LogP contribution in [0.4, 0.5) is 10.5 Å². The molecule has 0 fully saturated rings. The van der Waals surface area contributed by atoms with Gasteiger partial charge in [0.15, 0.2) is 0 Å². The quantitative estimate of drug-likeness (QED) is 0.716. The molecular weight excluding hydrogens is 364 g/mol. The maximum Gasteiger partial charge on any atom is 0.411 e. The minimum atomic E-state index is -0.870. The molecule has 144 valence electrons. The van der Waals surface area contributed by atoms with Gasteiger partial charge in [0.2, 0.25) is 5.91 Å². The Kier molecular flexibility index (Phi) is 7.25. The zero-order valence-electron chi connectivity index (χ0n) is 15.8. The van der Waals surface area contributed by atoms with E-state index in [2.05, 4.69) is 17.6 Å². The molecule has 0 unspecified atom stereocenters. The van der Waals surface area contributed by atoms with E-state index in [1.54, 1.807) is 19.9 Å². The minimum Gasteiger partial charge on any atom is -0.448 e. The Balaban J connectivity index is 1.82. The molecule has 0 atom stereocenters. The molecule has 0 heterocycles. The molecule has 0 bridgehead atoms. The Bertz CT molecular complexity index is 788. The fraction of sp³-hybridized carbons (Fsp3) is 0.333. The number of rotatable bonds is 7. The number of carbonyl (C=O) groups excluding carboxylic acids is 2. The highest BCUT2D eigenvalue weighted by atomic mass is 35.5. The highest BCUT2D eigenvalue weighted by Crippen LogP contribution is 2.19. The Labute approximate surface area is 165 Å². The van der Waals surface area contributed by atoms with Crippen LogP contribution in [0.25, 0.3) is 0 Å². The Morgan fingerprint density at radius 1 is 1.07 bits per heavy atom. The summed E-state index contributed by atoms with van der Waals surface area (Å²) in [5, 5.41) is 6.09. The van der Waals surface area contributed by atoms with Gasteiger partial charge >= 0.3 is 6.09 Å². The lowest BCUT2D eigenvalue weighted by Crippen LogP contribution is -2.40.